The van der Waals surface area contributed by atoms with Crippen molar-refractivity contribution in [2.24, 2.45) is 11.7 Å². The Kier molecular flexibility index (Phi) is 5.79. The molecule has 28 heavy (non-hydrogen) atoms. The lowest BCUT2D eigenvalue weighted by molar-refractivity contribution is 0.291. The van der Waals surface area contributed by atoms with Gasteiger partial charge in [-0.15, -0.1) is 0 Å². The van der Waals surface area contributed by atoms with Gasteiger partial charge in [0.2, 0.25) is 0 Å². The number of nitrogens with zero attached hydrogens (tertiary/aromatic N) is 3. The molecule has 1 aliphatic rings. The third-order valence-electron chi connectivity index (χ3n) is 5.97. The van der Waals surface area contributed by atoms with Crippen LogP contribution in [0.3, 0.4) is 0 Å². The van der Waals surface area contributed by atoms with Crippen molar-refractivity contribution in [3.63, 3.8) is 0 Å². The summed E-state index contributed by atoms with van der Waals surface area (Å²) in [6.07, 6.45) is 11.0. The highest BCUT2D eigenvalue weighted by atomic mass is 35.5. The number of hydrogen-bond donors (Lipinski definition) is 1. The maximum Gasteiger partial charge on any atom is 0.0727 e. The highest BCUT2D eigenvalue weighted by Crippen LogP contribution is 2.43. The average molecular weight is 395 g/mol. The molecule has 2 atom stereocenters. The van der Waals surface area contributed by atoms with Gasteiger partial charge in [-0.3, -0.25) is 9.67 Å². The molecule has 1 saturated carbocycles. The van der Waals surface area contributed by atoms with Crippen LogP contribution in [-0.2, 0) is 0 Å². The smallest absolute Gasteiger partial charge is 0.0727 e. The fraction of sp³-hybridized carbons (Fsp3) is 0.391. The van der Waals surface area contributed by atoms with Crippen LogP contribution in [0.25, 0.3) is 11.1 Å². The van der Waals surface area contributed by atoms with Crippen LogP contribution < -0.4 is 5.73 Å². The fourth-order valence-electron chi connectivity index (χ4n) is 4.52. The minimum Gasteiger partial charge on any atom is -0.328 e. The quantitative estimate of drug-likeness (QED) is 0.610. The standard InChI is InChI=1S/C23H27ClN4/c1-16-10-11-21(26-13-16)23(17-6-2-3-7-17)22(12-25)28-15-18(14-27-28)19-8-4-5-9-20(19)24/h4-5,8-11,13-15,17,22-23H,2-3,6-7,12,25H2,1H3/t22-,23?/m1/s1. The van der Waals surface area contributed by atoms with Gasteiger partial charge in [-0.2, -0.15) is 5.10 Å². The van der Waals surface area contributed by atoms with Gasteiger partial charge < -0.3 is 5.73 Å². The summed E-state index contributed by atoms with van der Waals surface area (Å²) in [5.74, 6) is 0.865. The van der Waals surface area contributed by atoms with Crippen LogP contribution in [0.2, 0.25) is 5.02 Å². The first-order chi connectivity index (χ1) is 13.7. The van der Waals surface area contributed by atoms with Crippen LogP contribution in [-0.4, -0.2) is 21.3 Å². The Morgan fingerprint density at radius 1 is 1.14 bits per heavy atom. The summed E-state index contributed by atoms with van der Waals surface area (Å²) in [4.78, 5) is 4.78. The maximum absolute atomic E-state index is 6.39. The molecule has 1 fully saturated rings. The van der Waals surface area contributed by atoms with E-state index in [2.05, 4.69) is 25.3 Å². The van der Waals surface area contributed by atoms with Crippen LogP contribution >= 0.6 is 11.6 Å². The molecule has 4 nitrogen and oxygen atoms in total. The Balaban J connectivity index is 1.70. The van der Waals surface area contributed by atoms with Crippen molar-refractivity contribution < 1.29 is 0 Å². The Bertz CT molecular complexity index is 912. The summed E-state index contributed by atoms with van der Waals surface area (Å²) >= 11 is 6.39. The zero-order valence-corrected chi connectivity index (χ0v) is 17.0. The third kappa shape index (κ3) is 3.85. The first-order valence-corrected chi connectivity index (χ1v) is 10.5. The molecule has 1 unspecified atom stereocenters. The Hall–Kier alpha value is -2.17. The van der Waals surface area contributed by atoms with E-state index in [1.54, 1.807) is 0 Å². The van der Waals surface area contributed by atoms with E-state index in [4.69, 9.17) is 27.4 Å². The molecule has 146 valence electrons. The zero-order chi connectivity index (χ0) is 19.5. The van der Waals surface area contributed by atoms with Crippen molar-refractivity contribution in [1.29, 1.82) is 0 Å². The van der Waals surface area contributed by atoms with Gasteiger partial charge in [-0.1, -0.05) is 48.7 Å². The summed E-state index contributed by atoms with van der Waals surface area (Å²) in [5, 5.41) is 5.43. The lowest BCUT2D eigenvalue weighted by Crippen LogP contribution is -2.30. The normalized spacial score (nSPS) is 17.0. The van der Waals surface area contributed by atoms with E-state index in [0.29, 0.717) is 12.5 Å². The predicted octanol–water partition coefficient (Wildman–Crippen LogP) is 5.38. The number of halogens is 1. The SMILES string of the molecule is Cc1ccc(C(C2CCCC2)[C@@H](CN)n2cc(-c3ccccc3Cl)cn2)nc1. The zero-order valence-electron chi connectivity index (χ0n) is 16.3. The van der Waals surface area contributed by atoms with Crippen LogP contribution in [0.1, 0.15) is 48.9 Å². The highest BCUT2D eigenvalue weighted by Gasteiger charge is 2.34. The van der Waals surface area contributed by atoms with E-state index < -0.39 is 0 Å². The molecule has 1 aliphatic carbocycles. The molecule has 0 amide bonds. The highest BCUT2D eigenvalue weighted by molar-refractivity contribution is 6.33. The van der Waals surface area contributed by atoms with E-state index in [9.17, 15) is 0 Å². The fourth-order valence-corrected chi connectivity index (χ4v) is 4.76. The minimum absolute atomic E-state index is 0.0783. The van der Waals surface area contributed by atoms with E-state index in [-0.39, 0.29) is 12.0 Å². The summed E-state index contributed by atoms with van der Waals surface area (Å²) in [7, 11) is 0. The van der Waals surface area contributed by atoms with Crippen LogP contribution in [0.4, 0.5) is 0 Å². The summed E-state index contributed by atoms with van der Waals surface area (Å²) in [6.45, 7) is 2.60. The van der Waals surface area contributed by atoms with Crippen molar-refractivity contribution in [2.45, 2.75) is 44.6 Å². The predicted molar refractivity (Wildman–Crippen MR) is 114 cm³/mol. The van der Waals surface area contributed by atoms with E-state index in [0.717, 1.165) is 21.8 Å². The maximum atomic E-state index is 6.39. The Morgan fingerprint density at radius 3 is 2.61 bits per heavy atom. The van der Waals surface area contributed by atoms with Crippen molar-refractivity contribution in [3.8, 4) is 11.1 Å². The van der Waals surface area contributed by atoms with Crippen molar-refractivity contribution >= 4 is 11.6 Å². The monoisotopic (exact) mass is 394 g/mol. The Morgan fingerprint density at radius 2 is 1.93 bits per heavy atom. The molecule has 2 heterocycles. The second-order valence-corrected chi connectivity index (χ2v) is 8.23. The topological polar surface area (TPSA) is 56.7 Å². The van der Waals surface area contributed by atoms with Crippen LogP contribution in [0, 0.1) is 12.8 Å². The number of pyridine rings is 1. The molecule has 3 aromatic rings. The molecule has 0 aliphatic heterocycles. The molecular formula is C23H27ClN4. The molecule has 0 bridgehead atoms. The van der Waals surface area contributed by atoms with Gasteiger partial charge in [0, 0.05) is 46.7 Å². The number of rotatable bonds is 6. The molecule has 0 saturated heterocycles. The van der Waals surface area contributed by atoms with E-state index in [1.807, 2.05) is 41.3 Å². The van der Waals surface area contributed by atoms with Crippen LogP contribution in [0.15, 0.2) is 55.0 Å². The number of aryl methyl sites for hydroxylation is 1. The lowest BCUT2D eigenvalue weighted by atomic mass is 9.81. The number of aromatic nitrogens is 3. The molecule has 2 N–H and O–H groups in total. The molecule has 0 radical (unpaired) electrons. The molecule has 1 aromatic carbocycles. The minimum atomic E-state index is 0.0783. The number of benzene rings is 1. The summed E-state index contributed by atoms with van der Waals surface area (Å²) in [5.41, 5.74) is 10.6. The largest absolute Gasteiger partial charge is 0.328 e. The number of hydrogen-bond acceptors (Lipinski definition) is 3. The van der Waals surface area contributed by atoms with Gasteiger partial charge in [-0.05, 0) is 43.4 Å². The van der Waals surface area contributed by atoms with Gasteiger partial charge in [0.05, 0.1) is 12.2 Å². The number of nitrogens with two attached hydrogens (primary N) is 1. The summed E-state index contributed by atoms with van der Waals surface area (Å²) < 4.78 is 2.03. The first-order valence-electron chi connectivity index (χ1n) is 10.1. The van der Waals surface area contributed by atoms with Crippen LogP contribution in [0.5, 0.6) is 0 Å². The van der Waals surface area contributed by atoms with Crippen molar-refractivity contribution in [2.75, 3.05) is 6.54 Å². The second-order valence-electron chi connectivity index (χ2n) is 7.82. The molecular weight excluding hydrogens is 368 g/mol. The van der Waals surface area contributed by atoms with Gasteiger partial charge in [0.15, 0.2) is 0 Å². The molecule has 4 rings (SSSR count). The van der Waals surface area contributed by atoms with E-state index >= 15 is 0 Å². The first kappa shape index (κ1) is 19.2. The van der Waals surface area contributed by atoms with Gasteiger partial charge in [-0.25, -0.2) is 0 Å². The van der Waals surface area contributed by atoms with Gasteiger partial charge in [0.1, 0.15) is 0 Å². The Labute approximate surface area is 171 Å². The molecule has 5 heteroatoms. The molecule has 2 aromatic heterocycles. The second kappa shape index (κ2) is 8.46. The van der Waals surface area contributed by atoms with Gasteiger partial charge in [0.25, 0.3) is 0 Å². The van der Waals surface area contributed by atoms with Crippen molar-refractivity contribution in [1.82, 2.24) is 14.8 Å². The average Bonchev–Trinajstić information content (AvgIpc) is 3.40. The summed E-state index contributed by atoms with van der Waals surface area (Å²) in [6, 6.07) is 12.3. The van der Waals surface area contributed by atoms with Gasteiger partial charge >= 0.3 is 0 Å². The lowest BCUT2D eigenvalue weighted by Gasteiger charge is -2.31. The molecule has 0 spiro atoms. The van der Waals surface area contributed by atoms with E-state index in [1.165, 1.54) is 31.2 Å². The third-order valence-corrected chi connectivity index (χ3v) is 6.30. The van der Waals surface area contributed by atoms with Crippen molar-refractivity contribution in [3.05, 3.63) is 71.3 Å².